The molecule has 1 N–H and O–H groups in total. The first-order valence-electron chi connectivity index (χ1n) is 10.3. The quantitative estimate of drug-likeness (QED) is 0.815. The van der Waals surface area contributed by atoms with Gasteiger partial charge in [-0.1, -0.05) is 20.8 Å². The van der Waals surface area contributed by atoms with Crippen molar-refractivity contribution >= 4 is 11.7 Å². The van der Waals surface area contributed by atoms with E-state index in [0.29, 0.717) is 24.6 Å². The molecule has 1 aromatic rings. The number of aromatic nitrogens is 2. The van der Waals surface area contributed by atoms with E-state index in [9.17, 15) is 18.0 Å². The number of carbonyl (C=O) groups is 1. The molecular weight excluding hydrogens is 369 g/mol. The number of halogens is 3. The lowest BCUT2D eigenvalue weighted by Gasteiger charge is -2.41. The SMILES string of the molecule is CC(C)(C)c1cc2n(n1)[C@@H](C(F)(F)F)C[C@@H](C1CCN(C(=O)C3CC3)CC1)N2. The van der Waals surface area contributed by atoms with E-state index < -0.39 is 12.2 Å². The van der Waals surface area contributed by atoms with Gasteiger partial charge in [-0.25, -0.2) is 4.68 Å². The Morgan fingerprint density at radius 3 is 2.32 bits per heavy atom. The van der Waals surface area contributed by atoms with Gasteiger partial charge in [-0.3, -0.25) is 4.79 Å². The van der Waals surface area contributed by atoms with Crippen LogP contribution in [0.2, 0.25) is 0 Å². The molecule has 4 rings (SSSR count). The van der Waals surface area contributed by atoms with Crippen molar-refractivity contribution in [3.05, 3.63) is 11.8 Å². The number of carbonyl (C=O) groups excluding carboxylic acids is 1. The molecule has 0 aromatic carbocycles. The number of likely N-dealkylation sites (tertiary alicyclic amines) is 1. The first kappa shape index (κ1) is 19.6. The molecule has 0 bridgehead atoms. The van der Waals surface area contributed by atoms with Gasteiger partial charge in [-0.15, -0.1) is 0 Å². The molecule has 156 valence electrons. The Morgan fingerprint density at radius 2 is 1.79 bits per heavy atom. The van der Waals surface area contributed by atoms with Gasteiger partial charge in [0.1, 0.15) is 5.82 Å². The highest BCUT2D eigenvalue weighted by atomic mass is 19.4. The second kappa shape index (κ2) is 6.66. The molecule has 3 heterocycles. The van der Waals surface area contributed by atoms with Gasteiger partial charge in [0.2, 0.25) is 5.91 Å². The summed E-state index contributed by atoms with van der Waals surface area (Å²) in [5, 5.41) is 7.63. The Labute approximate surface area is 163 Å². The number of anilines is 1. The predicted molar refractivity (Wildman–Crippen MR) is 100 cm³/mol. The number of piperidine rings is 1. The van der Waals surface area contributed by atoms with E-state index in [-0.39, 0.29) is 35.6 Å². The lowest BCUT2D eigenvalue weighted by Crippen LogP contribution is -2.47. The summed E-state index contributed by atoms with van der Waals surface area (Å²) in [7, 11) is 0. The minimum absolute atomic E-state index is 0.0109. The van der Waals surface area contributed by atoms with Crippen molar-refractivity contribution in [1.82, 2.24) is 14.7 Å². The minimum Gasteiger partial charge on any atom is -0.367 e. The molecular formula is C20H29F3N4O. The summed E-state index contributed by atoms with van der Waals surface area (Å²) in [6.45, 7) is 7.17. The monoisotopic (exact) mass is 398 g/mol. The highest BCUT2D eigenvalue weighted by Crippen LogP contribution is 2.43. The Morgan fingerprint density at radius 1 is 1.14 bits per heavy atom. The van der Waals surface area contributed by atoms with Crippen LogP contribution in [0.5, 0.6) is 0 Å². The lowest BCUT2D eigenvalue weighted by molar-refractivity contribution is -0.174. The molecule has 3 aliphatic rings. The van der Waals surface area contributed by atoms with Gasteiger partial charge < -0.3 is 10.2 Å². The maximum Gasteiger partial charge on any atom is 0.410 e. The fourth-order valence-corrected chi connectivity index (χ4v) is 4.39. The molecule has 0 unspecified atom stereocenters. The molecule has 0 spiro atoms. The fourth-order valence-electron chi connectivity index (χ4n) is 4.39. The summed E-state index contributed by atoms with van der Waals surface area (Å²) in [4.78, 5) is 14.1. The van der Waals surface area contributed by atoms with E-state index in [0.717, 1.165) is 30.4 Å². The number of nitrogens with one attached hydrogen (secondary N) is 1. The first-order chi connectivity index (χ1) is 13.0. The van der Waals surface area contributed by atoms with Crippen molar-refractivity contribution in [1.29, 1.82) is 0 Å². The Hall–Kier alpha value is -1.73. The average Bonchev–Trinajstić information content (AvgIpc) is 3.36. The molecule has 0 radical (unpaired) electrons. The molecule has 1 saturated carbocycles. The van der Waals surface area contributed by atoms with Crippen LogP contribution in [0.25, 0.3) is 0 Å². The second-order valence-electron chi connectivity index (χ2n) is 9.59. The zero-order chi connectivity index (χ0) is 20.3. The number of amides is 1. The van der Waals surface area contributed by atoms with Crippen molar-refractivity contribution < 1.29 is 18.0 Å². The van der Waals surface area contributed by atoms with Crippen LogP contribution in [0, 0.1) is 11.8 Å². The summed E-state index contributed by atoms with van der Waals surface area (Å²) in [6.07, 6.45) is -0.879. The largest absolute Gasteiger partial charge is 0.410 e. The Balaban J connectivity index is 1.50. The lowest BCUT2D eigenvalue weighted by atomic mass is 9.84. The average molecular weight is 398 g/mol. The zero-order valence-corrected chi connectivity index (χ0v) is 16.7. The van der Waals surface area contributed by atoms with Crippen LogP contribution in [-0.2, 0) is 10.2 Å². The maximum atomic E-state index is 13.8. The highest BCUT2D eigenvalue weighted by molar-refractivity contribution is 5.81. The van der Waals surface area contributed by atoms with Crippen LogP contribution in [-0.4, -0.2) is 45.9 Å². The van der Waals surface area contributed by atoms with Crippen LogP contribution < -0.4 is 5.32 Å². The molecule has 2 aliphatic heterocycles. The third-order valence-electron chi connectivity index (χ3n) is 6.33. The third-order valence-corrected chi connectivity index (χ3v) is 6.33. The summed E-state index contributed by atoms with van der Waals surface area (Å²) in [5.74, 6) is 1.02. The number of fused-ring (bicyclic) bond motifs is 1. The van der Waals surface area contributed by atoms with E-state index in [2.05, 4.69) is 10.4 Å². The van der Waals surface area contributed by atoms with Crippen LogP contribution in [0.3, 0.4) is 0 Å². The fraction of sp³-hybridized carbons (Fsp3) is 0.800. The van der Waals surface area contributed by atoms with Crippen molar-refractivity contribution in [3.63, 3.8) is 0 Å². The van der Waals surface area contributed by atoms with Crippen LogP contribution >= 0.6 is 0 Å². The molecule has 2 fully saturated rings. The second-order valence-corrected chi connectivity index (χ2v) is 9.59. The predicted octanol–water partition coefficient (Wildman–Crippen LogP) is 4.12. The molecule has 1 saturated heterocycles. The smallest absolute Gasteiger partial charge is 0.367 e. The Bertz CT molecular complexity index is 740. The maximum absolute atomic E-state index is 13.8. The van der Waals surface area contributed by atoms with Crippen molar-refractivity contribution in [2.24, 2.45) is 11.8 Å². The van der Waals surface area contributed by atoms with Gasteiger partial charge in [0.25, 0.3) is 0 Å². The van der Waals surface area contributed by atoms with Crippen LogP contribution in [0.4, 0.5) is 19.0 Å². The molecule has 8 heteroatoms. The summed E-state index contributed by atoms with van der Waals surface area (Å²) in [5.41, 5.74) is 0.348. The number of nitrogens with zero attached hydrogens (tertiary/aromatic N) is 3. The van der Waals surface area contributed by atoms with Gasteiger partial charge in [-0.05, 0) is 38.0 Å². The normalized spacial score (nSPS) is 26.7. The number of hydrogen-bond acceptors (Lipinski definition) is 3. The highest BCUT2D eigenvalue weighted by Gasteiger charge is 2.48. The number of hydrogen-bond donors (Lipinski definition) is 1. The number of rotatable bonds is 2. The molecule has 28 heavy (non-hydrogen) atoms. The topological polar surface area (TPSA) is 50.2 Å². The van der Waals surface area contributed by atoms with E-state index in [1.165, 1.54) is 0 Å². The van der Waals surface area contributed by atoms with Crippen molar-refractivity contribution in [3.8, 4) is 0 Å². The van der Waals surface area contributed by atoms with Crippen molar-refractivity contribution in [2.45, 2.75) is 76.6 Å². The van der Waals surface area contributed by atoms with Crippen molar-refractivity contribution in [2.75, 3.05) is 18.4 Å². The summed E-state index contributed by atoms with van der Waals surface area (Å²) < 4.78 is 42.5. The Kier molecular flexibility index (Phi) is 4.66. The molecule has 2 atom stereocenters. The summed E-state index contributed by atoms with van der Waals surface area (Å²) >= 11 is 0. The van der Waals surface area contributed by atoms with Gasteiger partial charge in [-0.2, -0.15) is 18.3 Å². The van der Waals surface area contributed by atoms with Gasteiger partial charge in [0, 0.05) is 36.5 Å². The van der Waals surface area contributed by atoms with Crippen LogP contribution in [0.1, 0.15) is 64.6 Å². The van der Waals surface area contributed by atoms with Gasteiger partial charge in [0.05, 0.1) is 5.69 Å². The van der Waals surface area contributed by atoms with Gasteiger partial charge in [0.15, 0.2) is 6.04 Å². The minimum atomic E-state index is -4.33. The number of alkyl halides is 3. The van der Waals surface area contributed by atoms with Gasteiger partial charge >= 0.3 is 6.18 Å². The van der Waals surface area contributed by atoms with E-state index in [1.54, 1.807) is 6.07 Å². The first-order valence-corrected chi connectivity index (χ1v) is 10.3. The standard InChI is InChI=1S/C20H29F3N4O/c1-19(2,3)15-11-17-24-14(10-16(20(21,22)23)27(17)25-15)12-6-8-26(9-7-12)18(28)13-4-5-13/h11-14,16,24H,4-10H2,1-3H3/t14-,16+/m0/s1. The summed E-state index contributed by atoms with van der Waals surface area (Å²) in [6, 6.07) is -0.0887. The zero-order valence-electron chi connectivity index (χ0n) is 16.7. The third kappa shape index (κ3) is 3.74. The molecule has 1 aliphatic carbocycles. The molecule has 5 nitrogen and oxygen atoms in total. The molecule has 1 amide bonds. The molecule has 1 aromatic heterocycles. The van der Waals surface area contributed by atoms with E-state index >= 15 is 0 Å². The van der Waals surface area contributed by atoms with Crippen LogP contribution in [0.15, 0.2) is 6.07 Å². The van der Waals surface area contributed by atoms with E-state index in [1.807, 2.05) is 25.7 Å². The van der Waals surface area contributed by atoms with E-state index in [4.69, 9.17) is 0 Å².